The lowest BCUT2D eigenvalue weighted by atomic mass is 10.1. The van der Waals surface area contributed by atoms with Crippen molar-refractivity contribution in [2.24, 2.45) is 0 Å². The maximum Gasteiger partial charge on any atom is 0.0698 e. The van der Waals surface area contributed by atoms with Gasteiger partial charge in [-0.15, -0.1) is 0 Å². The van der Waals surface area contributed by atoms with E-state index in [4.69, 9.17) is 9.84 Å². The Bertz CT molecular complexity index is 174. The predicted molar refractivity (Wildman–Crippen MR) is 91.9 cm³/mol. The molecule has 21 heavy (non-hydrogen) atoms. The van der Waals surface area contributed by atoms with Crippen LogP contribution in [0.2, 0.25) is 0 Å². The van der Waals surface area contributed by atoms with Gasteiger partial charge in [0.25, 0.3) is 0 Å². The van der Waals surface area contributed by atoms with Crippen LogP contribution in [0.25, 0.3) is 0 Å². The fourth-order valence-electron chi connectivity index (χ4n) is 2.57. The third kappa shape index (κ3) is 16.1. The summed E-state index contributed by atoms with van der Waals surface area (Å²) in [5, 5.41) is 8.74. The Morgan fingerprint density at radius 1 is 0.667 bits per heavy atom. The SMILES string of the molecule is CCCCCCCN(CCCCCCC)CCOCCO. The maximum atomic E-state index is 8.74. The number of rotatable bonds is 17. The summed E-state index contributed by atoms with van der Waals surface area (Å²) in [5.74, 6) is 0. The molecule has 0 fully saturated rings. The summed E-state index contributed by atoms with van der Waals surface area (Å²) in [6.45, 7) is 9.32. The first-order chi connectivity index (χ1) is 10.3. The first-order valence-electron chi connectivity index (χ1n) is 9.26. The Kier molecular flexibility index (Phi) is 17.8. The van der Waals surface area contributed by atoms with Crippen LogP contribution in [0, 0.1) is 0 Å². The molecule has 0 aromatic heterocycles. The average Bonchev–Trinajstić information content (AvgIpc) is 2.50. The largest absolute Gasteiger partial charge is 0.394 e. The Morgan fingerprint density at radius 2 is 1.19 bits per heavy atom. The van der Waals surface area contributed by atoms with Gasteiger partial charge in [-0.3, -0.25) is 0 Å². The van der Waals surface area contributed by atoms with Crippen LogP contribution in [-0.4, -0.2) is 49.5 Å². The normalized spacial score (nSPS) is 11.4. The van der Waals surface area contributed by atoms with Gasteiger partial charge in [0.2, 0.25) is 0 Å². The molecule has 0 radical (unpaired) electrons. The van der Waals surface area contributed by atoms with Gasteiger partial charge in [0.05, 0.1) is 19.8 Å². The predicted octanol–water partition coefficient (Wildman–Crippen LogP) is 4.24. The molecule has 0 aliphatic carbocycles. The number of unbranched alkanes of at least 4 members (excludes halogenated alkanes) is 8. The quantitative estimate of drug-likeness (QED) is 0.408. The summed E-state index contributed by atoms with van der Waals surface area (Å²) in [6, 6.07) is 0. The Morgan fingerprint density at radius 3 is 1.67 bits per heavy atom. The van der Waals surface area contributed by atoms with Gasteiger partial charge in [-0.25, -0.2) is 0 Å². The van der Waals surface area contributed by atoms with Gasteiger partial charge in [-0.2, -0.15) is 0 Å². The molecule has 0 heterocycles. The highest BCUT2D eigenvalue weighted by molar-refractivity contribution is 4.59. The lowest BCUT2D eigenvalue weighted by molar-refractivity contribution is 0.0727. The molecule has 128 valence electrons. The van der Waals surface area contributed by atoms with Crippen molar-refractivity contribution in [2.75, 3.05) is 39.5 Å². The molecule has 0 aromatic carbocycles. The molecule has 1 N–H and O–H groups in total. The minimum Gasteiger partial charge on any atom is -0.394 e. The van der Waals surface area contributed by atoms with E-state index >= 15 is 0 Å². The molecule has 0 amide bonds. The molecular weight excluding hydrogens is 262 g/mol. The maximum absolute atomic E-state index is 8.74. The van der Waals surface area contributed by atoms with E-state index < -0.39 is 0 Å². The first kappa shape index (κ1) is 20.9. The standard InChI is InChI=1S/C18H39NO2/c1-3-5-7-9-11-13-19(15-17-21-18-16-20)14-12-10-8-6-4-2/h20H,3-18H2,1-2H3. The van der Waals surface area contributed by atoms with Gasteiger partial charge in [0.1, 0.15) is 0 Å². The minimum atomic E-state index is 0.133. The topological polar surface area (TPSA) is 32.7 Å². The Balaban J connectivity index is 3.69. The van der Waals surface area contributed by atoms with Crippen molar-refractivity contribution in [1.82, 2.24) is 4.90 Å². The van der Waals surface area contributed by atoms with E-state index in [9.17, 15) is 0 Å². The molecule has 0 unspecified atom stereocenters. The van der Waals surface area contributed by atoms with Crippen molar-refractivity contribution >= 4 is 0 Å². The smallest absolute Gasteiger partial charge is 0.0698 e. The van der Waals surface area contributed by atoms with Crippen LogP contribution in [0.5, 0.6) is 0 Å². The van der Waals surface area contributed by atoms with Crippen molar-refractivity contribution in [3.05, 3.63) is 0 Å². The van der Waals surface area contributed by atoms with E-state index in [0.29, 0.717) is 6.61 Å². The summed E-state index contributed by atoms with van der Waals surface area (Å²) in [6.07, 6.45) is 13.5. The lowest BCUT2D eigenvalue weighted by Gasteiger charge is -2.22. The zero-order valence-electron chi connectivity index (χ0n) is 14.6. The highest BCUT2D eigenvalue weighted by Gasteiger charge is 2.04. The fourth-order valence-corrected chi connectivity index (χ4v) is 2.57. The van der Waals surface area contributed by atoms with E-state index in [2.05, 4.69) is 18.7 Å². The van der Waals surface area contributed by atoms with Crippen LogP contribution in [0.4, 0.5) is 0 Å². The molecule has 3 nitrogen and oxygen atoms in total. The van der Waals surface area contributed by atoms with Gasteiger partial charge in [-0.05, 0) is 25.9 Å². The molecule has 0 aromatic rings. The summed E-state index contributed by atoms with van der Waals surface area (Å²) in [5.41, 5.74) is 0. The number of hydrogen-bond donors (Lipinski definition) is 1. The molecule has 0 spiro atoms. The van der Waals surface area contributed by atoms with Gasteiger partial charge in [0.15, 0.2) is 0 Å². The molecule has 3 heteroatoms. The van der Waals surface area contributed by atoms with Crippen LogP contribution in [0.1, 0.15) is 78.1 Å². The van der Waals surface area contributed by atoms with Crippen LogP contribution >= 0.6 is 0 Å². The highest BCUT2D eigenvalue weighted by atomic mass is 16.5. The Hall–Kier alpha value is -0.120. The van der Waals surface area contributed by atoms with Crippen molar-refractivity contribution in [3.8, 4) is 0 Å². The number of nitrogens with zero attached hydrogens (tertiary/aromatic N) is 1. The first-order valence-corrected chi connectivity index (χ1v) is 9.26. The second kappa shape index (κ2) is 17.9. The van der Waals surface area contributed by atoms with Crippen molar-refractivity contribution in [1.29, 1.82) is 0 Å². The van der Waals surface area contributed by atoms with E-state index in [0.717, 1.165) is 13.2 Å². The molecule has 0 bridgehead atoms. The molecule has 0 saturated heterocycles. The average molecular weight is 302 g/mol. The summed E-state index contributed by atoms with van der Waals surface area (Å²) in [7, 11) is 0. The third-order valence-corrected chi connectivity index (χ3v) is 3.94. The van der Waals surface area contributed by atoms with Crippen LogP contribution in [0.3, 0.4) is 0 Å². The van der Waals surface area contributed by atoms with Crippen molar-refractivity contribution in [3.63, 3.8) is 0 Å². The molecular formula is C18H39NO2. The second-order valence-corrected chi connectivity index (χ2v) is 6.01. The van der Waals surface area contributed by atoms with Crippen molar-refractivity contribution < 1.29 is 9.84 Å². The molecule has 0 saturated carbocycles. The molecule has 0 aliphatic rings. The number of ether oxygens (including phenoxy) is 1. The molecule has 0 rings (SSSR count). The zero-order valence-corrected chi connectivity index (χ0v) is 14.6. The summed E-state index contributed by atoms with van der Waals surface area (Å²) >= 11 is 0. The number of aliphatic hydroxyl groups excluding tert-OH is 1. The van der Waals surface area contributed by atoms with Gasteiger partial charge in [0, 0.05) is 6.54 Å². The van der Waals surface area contributed by atoms with E-state index in [1.54, 1.807) is 0 Å². The van der Waals surface area contributed by atoms with E-state index in [1.807, 2.05) is 0 Å². The monoisotopic (exact) mass is 301 g/mol. The summed E-state index contributed by atoms with van der Waals surface area (Å²) in [4.78, 5) is 2.55. The molecule has 0 atom stereocenters. The van der Waals surface area contributed by atoms with E-state index in [-0.39, 0.29) is 6.61 Å². The number of aliphatic hydroxyl groups is 1. The minimum absolute atomic E-state index is 0.133. The second-order valence-electron chi connectivity index (χ2n) is 6.01. The highest BCUT2D eigenvalue weighted by Crippen LogP contribution is 2.07. The van der Waals surface area contributed by atoms with Gasteiger partial charge in [-0.1, -0.05) is 65.2 Å². The third-order valence-electron chi connectivity index (χ3n) is 3.94. The van der Waals surface area contributed by atoms with Crippen LogP contribution < -0.4 is 0 Å². The van der Waals surface area contributed by atoms with Crippen LogP contribution in [-0.2, 0) is 4.74 Å². The Labute approximate surface area is 133 Å². The van der Waals surface area contributed by atoms with Crippen molar-refractivity contribution in [2.45, 2.75) is 78.1 Å². The summed E-state index contributed by atoms with van der Waals surface area (Å²) < 4.78 is 5.41. The van der Waals surface area contributed by atoms with Crippen LogP contribution in [0.15, 0.2) is 0 Å². The molecule has 0 aliphatic heterocycles. The number of hydrogen-bond acceptors (Lipinski definition) is 3. The van der Waals surface area contributed by atoms with Gasteiger partial charge >= 0.3 is 0 Å². The van der Waals surface area contributed by atoms with E-state index in [1.165, 1.54) is 77.3 Å². The zero-order chi connectivity index (χ0) is 15.6. The fraction of sp³-hybridized carbons (Fsp3) is 1.00. The van der Waals surface area contributed by atoms with Gasteiger partial charge < -0.3 is 14.7 Å². The lowest BCUT2D eigenvalue weighted by Crippen LogP contribution is -2.30.